The SMILES string of the molecule is Brc1ccc(-c2ccnc3c2ccc2c(-c4ccc(Br)cc4)ccnc23)cc1.Brc1ccc(-c2ccnc3c2ccc2c(-c4ccc(Br)cc4)ccnc23)cc1.C(=C/[As](c1ccccc1)c1ccccc1)/[As](c1ccccc1)c1ccccc1.[Os+2]. The molecule has 0 atom stereocenters. The Bertz CT molecular complexity index is 3990. The van der Waals surface area contributed by atoms with Crippen LogP contribution in [0.15, 0.2) is 319 Å². The predicted octanol–water partition coefficient (Wildman–Crippen LogP) is 18.5. The summed E-state index contributed by atoms with van der Waals surface area (Å²) in [5, 5.41) is 4.44. The molecule has 14 rings (SSSR count). The van der Waals surface area contributed by atoms with Crippen LogP contribution in [-0.4, -0.2) is 49.2 Å². The van der Waals surface area contributed by atoms with Gasteiger partial charge in [-0.25, -0.2) is 0 Å². The molecule has 85 heavy (non-hydrogen) atoms. The van der Waals surface area contributed by atoms with Gasteiger partial charge in [-0.3, -0.25) is 19.9 Å². The van der Waals surface area contributed by atoms with Gasteiger partial charge >= 0.3 is 198 Å². The van der Waals surface area contributed by atoms with Gasteiger partial charge in [-0.2, -0.15) is 0 Å². The zero-order valence-corrected chi connectivity index (χ0v) is 58.1. The van der Waals surface area contributed by atoms with Gasteiger partial charge in [0.05, 0.1) is 22.1 Å². The van der Waals surface area contributed by atoms with E-state index in [1.54, 1.807) is 0 Å². The van der Waals surface area contributed by atoms with Crippen LogP contribution in [0, 0.1) is 0 Å². The van der Waals surface area contributed by atoms with Gasteiger partial charge in [-0.1, -0.05) is 137 Å². The largest absolute Gasteiger partial charge is 2.00 e. The smallest absolute Gasteiger partial charge is 2.00 e. The Hall–Kier alpha value is -6.75. The molecule has 4 heterocycles. The van der Waals surface area contributed by atoms with Crippen molar-refractivity contribution in [3.63, 3.8) is 0 Å². The number of hydrogen-bond acceptors (Lipinski definition) is 4. The average Bonchev–Trinajstić information content (AvgIpc) is 2.78. The minimum absolute atomic E-state index is 0. The molecule has 0 aliphatic carbocycles. The molecule has 0 saturated carbocycles. The fourth-order valence-electron chi connectivity index (χ4n) is 10.3. The molecule has 0 unspecified atom stereocenters. The molecule has 4 nitrogen and oxygen atoms in total. The number of rotatable bonds is 10. The summed E-state index contributed by atoms with van der Waals surface area (Å²) in [5.74, 6) is 0. The van der Waals surface area contributed by atoms with Crippen LogP contribution in [0.1, 0.15) is 0 Å². The molecule has 410 valence electrons. The maximum atomic E-state index is 4.68. The second-order valence-corrected chi connectivity index (χ2v) is 31.9. The van der Waals surface area contributed by atoms with E-state index in [4.69, 9.17) is 0 Å². The van der Waals surface area contributed by atoms with Crippen LogP contribution >= 0.6 is 63.7 Å². The van der Waals surface area contributed by atoms with Crippen molar-refractivity contribution >= 4 is 154 Å². The fourth-order valence-corrected chi connectivity index (χ4v) is 21.7. The standard InChI is InChI=1S/C26H22As2.2C24H14Br2N2.Os/c1-5-13-23(14-6-1)27(24-15-7-2-8-16-24)21-22-28(25-17-9-3-10-18-25)26-19-11-4-12-20-26;2*25-17-5-1-15(2-6-17)19-11-13-27-23-21(19)9-10-22-20(12-14-28-24(22)23)16-3-7-18(26)8-4-16;/h1-22H;2*1-14H;/q;;;+2/b22-21-;;;. The molecule has 0 saturated heterocycles. The Balaban J connectivity index is 0.000000132. The van der Waals surface area contributed by atoms with E-state index in [-0.39, 0.29) is 19.8 Å². The van der Waals surface area contributed by atoms with Crippen LogP contribution in [0.4, 0.5) is 0 Å². The Kier molecular flexibility index (Phi) is 20.2. The molecule has 0 spiro atoms. The maximum Gasteiger partial charge on any atom is 2.00 e. The van der Waals surface area contributed by atoms with Gasteiger partial charge in [0, 0.05) is 64.2 Å². The van der Waals surface area contributed by atoms with E-state index >= 15 is 0 Å². The Labute approximate surface area is 551 Å². The molecule has 10 aromatic carbocycles. The molecule has 0 amide bonds. The first-order valence-electron chi connectivity index (χ1n) is 27.2. The fraction of sp³-hybridized carbons (Fsp3) is 0. The Morgan fingerprint density at radius 2 is 0.435 bits per heavy atom. The zero-order chi connectivity index (χ0) is 57.2. The van der Waals surface area contributed by atoms with Gasteiger partial charge in [0.25, 0.3) is 0 Å². The summed E-state index contributed by atoms with van der Waals surface area (Å²) in [7, 11) is 0. The summed E-state index contributed by atoms with van der Waals surface area (Å²) >= 11 is 11.1. The first kappa shape index (κ1) is 60.0. The van der Waals surface area contributed by atoms with Crippen molar-refractivity contribution in [1.82, 2.24) is 19.9 Å². The van der Waals surface area contributed by atoms with Crippen LogP contribution in [0.3, 0.4) is 0 Å². The van der Waals surface area contributed by atoms with Crippen molar-refractivity contribution in [2.24, 2.45) is 0 Å². The first-order chi connectivity index (χ1) is 41.3. The van der Waals surface area contributed by atoms with E-state index in [0.29, 0.717) is 0 Å². The minimum Gasteiger partial charge on any atom is 2.00 e. The van der Waals surface area contributed by atoms with E-state index in [1.165, 1.54) is 39.7 Å². The molecule has 0 N–H and O–H groups in total. The number of fused-ring (bicyclic) bond motifs is 6. The predicted molar refractivity (Wildman–Crippen MR) is 372 cm³/mol. The van der Waals surface area contributed by atoms with Crippen LogP contribution in [-0.2, 0) is 19.8 Å². The van der Waals surface area contributed by atoms with E-state index in [0.717, 1.165) is 83.8 Å². The quantitative estimate of drug-likeness (QED) is 0.101. The maximum absolute atomic E-state index is 4.68. The molecular weight excluding hydrogens is 1600 g/mol. The number of aromatic nitrogens is 4. The molecule has 14 aromatic rings. The topological polar surface area (TPSA) is 51.6 Å². The van der Waals surface area contributed by atoms with Crippen molar-refractivity contribution in [2.45, 2.75) is 0 Å². The Morgan fingerprint density at radius 3 is 0.635 bits per heavy atom. The first-order valence-corrected chi connectivity index (χ1v) is 36.3. The molecular formula is C74H50As2Br4N4Os+2. The molecule has 11 heteroatoms. The Morgan fingerprint density at radius 1 is 0.235 bits per heavy atom. The molecule has 0 aliphatic rings. The third-order valence-electron chi connectivity index (χ3n) is 14.4. The third-order valence-corrected chi connectivity index (χ3v) is 26.6. The average molecular weight is 1650 g/mol. The number of hydrogen-bond donors (Lipinski definition) is 0. The van der Waals surface area contributed by atoms with E-state index in [2.05, 4.69) is 360 Å². The van der Waals surface area contributed by atoms with Gasteiger partial charge in [0.1, 0.15) is 0 Å². The van der Waals surface area contributed by atoms with Gasteiger partial charge < -0.3 is 0 Å². The van der Waals surface area contributed by atoms with Gasteiger partial charge in [0.2, 0.25) is 0 Å². The summed E-state index contributed by atoms with van der Waals surface area (Å²) in [6.07, 6.45) is 7.47. The summed E-state index contributed by atoms with van der Waals surface area (Å²) in [4.78, 5) is 23.9. The normalized spacial score (nSPS) is 11.1. The monoisotopic (exact) mass is 1650 g/mol. The molecule has 0 aliphatic heterocycles. The van der Waals surface area contributed by atoms with Crippen molar-refractivity contribution in [2.75, 3.05) is 0 Å². The van der Waals surface area contributed by atoms with E-state index in [9.17, 15) is 0 Å². The number of nitrogens with zero attached hydrogens (tertiary/aromatic N) is 4. The van der Waals surface area contributed by atoms with Gasteiger partial charge in [-0.05, 0) is 117 Å². The molecule has 0 fully saturated rings. The summed E-state index contributed by atoms with van der Waals surface area (Å²) < 4.78 is 10.2. The number of benzene rings is 10. The summed E-state index contributed by atoms with van der Waals surface area (Å²) in [6.45, 7) is 0. The van der Waals surface area contributed by atoms with Crippen LogP contribution in [0.2, 0.25) is 0 Å². The zero-order valence-electron chi connectivity index (χ0n) is 45.4. The van der Waals surface area contributed by atoms with E-state index < -0.39 is 29.3 Å². The van der Waals surface area contributed by atoms with Crippen LogP contribution < -0.4 is 17.4 Å². The third kappa shape index (κ3) is 14.1. The minimum atomic E-state index is -1.48. The number of halogens is 4. The van der Waals surface area contributed by atoms with Crippen LogP contribution in [0.25, 0.3) is 88.1 Å². The van der Waals surface area contributed by atoms with Crippen molar-refractivity contribution < 1.29 is 19.8 Å². The molecule has 0 radical (unpaired) electrons. The summed E-state index contributed by atoms with van der Waals surface area (Å²) in [6, 6.07) is 94.4. The second kappa shape index (κ2) is 28.6. The van der Waals surface area contributed by atoms with E-state index in [1.807, 2.05) is 24.8 Å². The molecule has 0 bridgehead atoms. The van der Waals surface area contributed by atoms with Crippen molar-refractivity contribution in [3.8, 4) is 44.5 Å². The number of pyridine rings is 4. The van der Waals surface area contributed by atoms with Crippen LogP contribution in [0.5, 0.6) is 0 Å². The van der Waals surface area contributed by atoms with Gasteiger partial charge in [0.15, 0.2) is 0 Å². The summed E-state index contributed by atoms with van der Waals surface area (Å²) in [5.41, 5.74) is 13.0. The van der Waals surface area contributed by atoms with Gasteiger partial charge in [-0.15, -0.1) is 0 Å². The second-order valence-electron chi connectivity index (χ2n) is 19.6. The van der Waals surface area contributed by atoms with Crippen molar-refractivity contribution in [1.29, 1.82) is 0 Å². The van der Waals surface area contributed by atoms with Crippen molar-refractivity contribution in [3.05, 3.63) is 319 Å². The molecule has 4 aromatic heterocycles.